The van der Waals surface area contributed by atoms with Gasteiger partial charge >= 0.3 is 5.97 Å². The van der Waals surface area contributed by atoms with Crippen molar-refractivity contribution in [2.75, 3.05) is 39.1 Å². The monoisotopic (exact) mass is 530 g/mol. The number of thiazole rings is 1. The van der Waals surface area contributed by atoms with Crippen molar-refractivity contribution in [1.82, 2.24) is 9.88 Å². The highest BCUT2D eigenvalue weighted by Crippen LogP contribution is 2.40. The van der Waals surface area contributed by atoms with E-state index in [4.69, 9.17) is 15.3 Å². The molecule has 4 aromatic rings. The van der Waals surface area contributed by atoms with Gasteiger partial charge in [-0.2, -0.15) is 0 Å². The summed E-state index contributed by atoms with van der Waals surface area (Å²) in [4.78, 5) is 24.5. The van der Waals surface area contributed by atoms with Crippen LogP contribution in [0.15, 0.2) is 102 Å². The summed E-state index contributed by atoms with van der Waals surface area (Å²) in [6, 6.07) is 28.7. The molecule has 196 valence electrons. The summed E-state index contributed by atoms with van der Waals surface area (Å²) in [7, 11) is 2.11. The molecular weight excluding hydrogens is 500 g/mol. The average molecular weight is 531 g/mol. The number of benzene rings is 3. The topological polar surface area (TPSA) is 110 Å². The van der Waals surface area contributed by atoms with E-state index < -0.39 is 11.6 Å². The lowest BCUT2D eigenvalue weighted by Crippen LogP contribution is -2.32. The molecule has 1 aliphatic heterocycles. The van der Waals surface area contributed by atoms with Crippen LogP contribution in [0.2, 0.25) is 0 Å². The fourth-order valence-corrected chi connectivity index (χ4v) is 4.58. The van der Waals surface area contributed by atoms with Crippen molar-refractivity contribution < 1.29 is 19.5 Å². The Morgan fingerprint density at radius 2 is 1.42 bits per heavy atom. The first kappa shape index (κ1) is 27.0. The van der Waals surface area contributed by atoms with E-state index >= 15 is 0 Å². The highest BCUT2D eigenvalue weighted by Gasteiger charge is 2.40. The minimum absolute atomic E-state index is 0.151. The molecule has 0 amide bonds. The van der Waals surface area contributed by atoms with E-state index in [1.807, 2.05) is 91.0 Å². The molecule has 9 heteroatoms. The minimum atomic E-state index is -1.26. The Balaban J connectivity index is 0.000000417. The molecule has 0 spiro atoms. The Bertz CT molecular complexity index is 1230. The van der Waals surface area contributed by atoms with Crippen molar-refractivity contribution in [3.05, 3.63) is 119 Å². The molecule has 0 unspecified atom stereocenters. The fraction of sp³-hybridized carbons (Fsp3) is 0.207. The smallest absolute Gasteiger partial charge is 0.360 e. The van der Waals surface area contributed by atoms with Crippen LogP contribution in [0.1, 0.15) is 22.4 Å². The van der Waals surface area contributed by atoms with Crippen molar-refractivity contribution in [3.8, 4) is 0 Å². The molecule has 0 saturated carbocycles. The summed E-state index contributed by atoms with van der Waals surface area (Å²) in [5, 5.41) is 15.7. The quantitative estimate of drug-likeness (QED) is 0.206. The molecule has 0 aliphatic carbocycles. The summed E-state index contributed by atoms with van der Waals surface area (Å²) in [5.41, 5.74) is 6.76. The molecule has 0 radical (unpaired) electrons. The van der Waals surface area contributed by atoms with Crippen molar-refractivity contribution in [2.24, 2.45) is 5.16 Å². The van der Waals surface area contributed by atoms with Gasteiger partial charge < -0.3 is 25.3 Å². The zero-order valence-corrected chi connectivity index (χ0v) is 21.9. The Morgan fingerprint density at radius 3 is 1.76 bits per heavy atom. The number of anilines is 1. The number of morpholine rings is 1. The number of rotatable bonds is 7. The molecule has 5 rings (SSSR count). The fourth-order valence-electron chi connectivity index (χ4n) is 4.04. The number of nitrogen functional groups attached to an aromatic ring is 1. The van der Waals surface area contributed by atoms with E-state index in [1.165, 1.54) is 0 Å². The minimum Gasteiger partial charge on any atom is -0.476 e. The highest BCUT2D eigenvalue weighted by atomic mass is 32.1. The molecule has 8 nitrogen and oxygen atoms in total. The van der Waals surface area contributed by atoms with Crippen molar-refractivity contribution >= 4 is 28.1 Å². The maximum Gasteiger partial charge on any atom is 0.360 e. The van der Waals surface area contributed by atoms with E-state index in [2.05, 4.69) is 22.1 Å². The van der Waals surface area contributed by atoms with Crippen LogP contribution in [0.5, 0.6) is 0 Å². The molecular formula is C29H30N4O4S. The van der Waals surface area contributed by atoms with Crippen molar-refractivity contribution in [1.29, 1.82) is 0 Å². The summed E-state index contributed by atoms with van der Waals surface area (Å²) in [6.45, 7) is 4.02. The van der Waals surface area contributed by atoms with Crippen LogP contribution in [-0.4, -0.2) is 60.0 Å². The maximum absolute atomic E-state index is 11.9. The van der Waals surface area contributed by atoms with Gasteiger partial charge in [0.1, 0.15) is 5.69 Å². The maximum atomic E-state index is 11.9. The number of carboxylic acids is 1. The predicted octanol–water partition coefficient (Wildman–Crippen LogP) is 4.47. The van der Waals surface area contributed by atoms with Gasteiger partial charge in [0.15, 0.2) is 5.13 Å². The molecule has 1 aliphatic rings. The lowest BCUT2D eigenvalue weighted by molar-refractivity contribution is -0.129. The lowest BCUT2D eigenvalue weighted by atomic mass is 9.80. The molecule has 1 saturated heterocycles. The van der Waals surface area contributed by atoms with Gasteiger partial charge in [-0.1, -0.05) is 96.2 Å². The normalized spacial score (nSPS) is 14.3. The Morgan fingerprint density at radius 1 is 0.947 bits per heavy atom. The SMILES string of the molecule is CN1CCOCC1.Nc1nc(/C(=N/OC(c2ccccc2)(c2ccccc2)c2ccccc2)C(=O)O)cs1. The molecule has 38 heavy (non-hydrogen) atoms. The number of nitrogens with zero attached hydrogens (tertiary/aromatic N) is 3. The average Bonchev–Trinajstić information content (AvgIpc) is 3.39. The van der Waals surface area contributed by atoms with Crippen molar-refractivity contribution in [3.63, 3.8) is 0 Å². The van der Waals surface area contributed by atoms with Crippen LogP contribution in [0.25, 0.3) is 0 Å². The number of hydrogen-bond acceptors (Lipinski definition) is 8. The standard InChI is InChI=1S/C24H19N3O3S.C5H11NO/c25-23-26-20(16-31-23)21(22(28)29)27-30-24(17-10-4-1-5-11-17,18-12-6-2-7-13-18)19-14-8-3-9-15-19;1-6-2-4-7-5-3-6/h1-16H,(H2,25,26)(H,28,29);2-5H2,1H3/b27-21-;. The van der Waals surface area contributed by atoms with Gasteiger partial charge in [-0.15, -0.1) is 11.3 Å². The van der Waals surface area contributed by atoms with Gasteiger partial charge in [-0.05, 0) is 7.05 Å². The Kier molecular flexibility index (Phi) is 9.21. The summed E-state index contributed by atoms with van der Waals surface area (Å²) in [6.07, 6.45) is 0. The van der Waals surface area contributed by atoms with Crippen LogP contribution in [0.3, 0.4) is 0 Å². The van der Waals surface area contributed by atoms with Crippen molar-refractivity contribution in [2.45, 2.75) is 5.60 Å². The van der Waals surface area contributed by atoms with E-state index in [0.29, 0.717) is 0 Å². The number of carbonyl (C=O) groups is 1. The first-order chi connectivity index (χ1) is 18.5. The summed E-state index contributed by atoms with van der Waals surface area (Å²) >= 11 is 1.14. The molecule has 2 heterocycles. The van der Waals surface area contributed by atoms with E-state index in [1.54, 1.807) is 5.38 Å². The van der Waals surface area contributed by atoms with Gasteiger partial charge in [0, 0.05) is 35.2 Å². The van der Waals surface area contributed by atoms with Crippen LogP contribution in [0, 0.1) is 0 Å². The van der Waals surface area contributed by atoms with Gasteiger partial charge in [0.05, 0.1) is 13.2 Å². The number of likely N-dealkylation sites (N-methyl/N-ethyl adjacent to an activating group) is 1. The van der Waals surface area contributed by atoms with E-state index in [-0.39, 0.29) is 16.5 Å². The number of carboxylic acid groups (broad SMARTS) is 1. The van der Waals surface area contributed by atoms with E-state index in [0.717, 1.165) is 54.3 Å². The second-order valence-corrected chi connectivity index (χ2v) is 9.49. The highest BCUT2D eigenvalue weighted by molar-refractivity contribution is 7.13. The lowest BCUT2D eigenvalue weighted by Gasteiger charge is -2.33. The third kappa shape index (κ3) is 6.44. The summed E-state index contributed by atoms with van der Waals surface area (Å²) in [5.74, 6) is -1.26. The number of aliphatic carboxylic acids is 1. The third-order valence-corrected chi connectivity index (χ3v) is 6.69. The van der Waals surface area contributed by atoms with Crippen LogP contribution < -0.4 is 5.73 Å². The first-order valence-corrected chi connectivity index (χ1v) is 13.0. The number of hydrogen-bond donors (Lipinski definition) is 2. The zero-order valence-electron chi connectivity index (χ0n) is 21.1. The van der Waals surface area contributed by atoms with Crippen LogP contribution in [0.4, 0.5) is 5.13 Å². The summed E-state index contributed by atoms with van der Waals surface area (Å²) < 4.78 is 5.10. The molecule has 0 bridgehead atoms. The number of aromatic nitrogens is 1. The Labute approximate surface area is 226 Å². The van der Waals surface area contributed by atoms with Crippen LogP contribution >= 0.6 is 11.3 Å². The largest absolute Gasteiger partial charge is 0.476 e. The zero-order chi connectivity index (χ0) is 26.8. The number of oxime groups is 1. The molecule has 3 aromatic carbocycles. The van der Waals surface area contributed by atoms with Gasteiger partial charge in [0.25, 0.3) is 0 Å². The second kappa shape index (κ2) is 13.0. The Hall–Kier alpha value is -4.05. The van der Waals surface area contributed by atoms with Gasteiger partial charge in [-0.25, -0.2) is 9.78 Å². The van der Waals surface area contributed by atoms with Crippen LogP contribution in [-0.2, 0) is 20.0 Å². The first-order valence-electron chi connectivity index (χ1n) is 12.1. The number of ether oxygens (including phenoxy) is 1. The number of nitrogens with two attached hydrogens (primary N) is 1. The third-order valence-electron chi connectivity index (χ3n) is 6.02. The molecule has 1 fully saturated rings. The van der Waals surface area contributed by atoms with E-state index in [9.17, 15) is 9.90 Å². The second-order valence-electron chi connectivity index (χ2n) is 8.60. The molecule has 0 atom stereocenters. The van der Waals surface area contributed by atoms with Gasteiger partial charge in [0.2, 0.25) is 11.3 Å². The molecule has 1 aromatic heterocycles. The molecule has 3 N–H and O–H groups in total. The van der Waals surface area contributed by atoms with Gasteiger partial charge in [-0.3, -0.25) is 0 Å². The predicted molar refractivity (Wildman–Crippen MR) is 149 cm³/mol.